The molecule has 0 bridgehead atoms. The Hall–Kier alpha value is -1.51. The van der Waals surface area contributed by atoms with Crippen LogP contribution >= 0.6 is 15.9 Å². The average Bonchev–Trinajstić information content (AvgIpc) is 2.74. The number of halogens is 1. The van der Waals surface area contributed by atoms with E-state index in [9.17, 15) is 8.42 Å². The van der Waals surface area contributed by atoms with Crippen molar-refractivity contribution in [2.75, 3.05) is 10.0 Å². The minimum Gasteiger partial charge on any atom is -0.452 e. The second kappa shape index (κ2) is 5.86. The predicted octanol–water partition coefficient (Wildman–Crippen LogP) is 2.83. The topological polar surface area (TPSA) is 97.4 Å². The van der Waals surface area contributed by atoms with Gasteiger partial charge in [-0.25, -0.2) is 5.14 Å². The molecule has 8 heteroatoms. The first-order valence-corrected chi connectivity index (χ1v) is 8.10. The standard InChI is InChI=1S/C12H14BrN3O3S/c1-8(11-5-6-12(13)19-11)15-9-3-2-4-10(7-9)16-20(14,17)18/h2-8,15-16H,1H3,(H2,14,17,18). The zero-order chi connectivity index (χ0) is 14.8. The molecule has 108 valence electrons. The Kier molecular flexibility index (Phi) is 4.36. The summed E-state index contributed by atoms with van der Waals surface area (Å²) in [6, 6.07) is 10.4. The molecule has 1 aromatic carbocycles. The molecule has 1 atom stereocenters. The van der Waals surface area contributed by atoms with Crippen molar-refractivity contribution < 1.29 is 12.8 Å². The molecule has 0 spiro atoms. The fourth-order valence-corrected chi connectivity index (χ4v) is 2.49. The lowest BCUT2D eigenvalue weighted by Gasteiger charge is -2.14. The summed E-state index contributed by atoms with van der Waals surface area (Å²) < 4.78 is 30.3. The van der Waals surface area contributed by atoms with E-state index in [2.05, 4.69) is 26.0 Å². The van der Waals surface area contributed by atoms with Gasteiger partial charge in [0, 0.05) is 5.69 Å². The summed E-state index contributed by atoms with van der Waals surface area (Å²) in [5.41, 5.74) is 1.14. The van der Waals surface area contributed by atoms with Crippen LogP contribution in [0.2, 0.25) is 0 Å². The van der Waals surface area contributed by atoms with Gasteiger partial charge in [-0.15, -0.1) is 0 Å². The van der Waals surface area contributed by atoms with Crippen LogP contribution in [0, 0.1) is 0 Å². The first-order valence-electron chi connectivity index (χ1n) is 5.76. The summed E-state index contributed by atoms with van der Waals surface area (Å²) in [4.78, 5) is 0. The van der Waals surface area contributed by atoms with Crippen molar-refractivity contribution >= 4 is 37.5 Å². The van der Waals surface area contributed by atoms with Gasteiger partial charge in [0.05, 0.1) is 11.7 Å². The second-order valence-electron chi connectivity index (χ2n) is 4.24. The van der Waals surface area contributed by atoms with Crippen LogP contribution in [0.25, 0.3) is 0 Å². The number of nitrogens with two attached hydrogens (primary N) is 1. The molecule has 0 aliphatic rings. The molecule has 0 aliphatic heterocycles. The molecule has 2 aromatic rings. The highest BCUT2D eigenvalue weighted by molar-refractivity contribution is 9.10. The Balaban J connectivity index is 2.11. The van der Waals surface area contributed by atoms with Gasteiger partial charge in [-0.05, 0) is 53.2 Å². The Morgan fingerprint density at radius 3 is 2.55 bits per heavy atom. The molecule has 1 heterocycles. The van der Waals surface area contributed by atoms with Crippen LogP contribution in [0.4, 0.5) is 11.4 Å². The molecular weight excluding hydrogens is 346 g/mol. The van der Waals surface area contributed by atoms with E-state index < -0.39 is 10.2 Å². The molecule has 0 radical (unpaired) electrons. The summed E-state index contributed by atoms with van der Waals surface area (Å²) in [7, 11) is -3.77. The third-order valence-corrected chi connectivity index (χ3v) is 3.47. The first-order chi connectivity index (χ1) is 9.33. The monoisotopic (exact) mass is 359 g/mol. The molecule has 20 heavy (non-hydrogen) atoms. The van der Waals surface area contributed by atoms with Crippen LogP contribution in [0.5, 0.6) is 0 Å². The molecule has 0 aliphatic carbocycles. The van der Waals surface area contributed by atoms with Gasteiger partial charge in [-0.3, -0.25) is 4.72 Å². The molecule has 6 nitrogen and oxygen atoms in total. The van der Waals surface area contributed by atoms with Crippen molar-refractivity contribution in [3.63, 3.8) is 0 Å². The molecule has 2 rings (SSSR count). The number of anilines is 2. The second-order valence-corrected chi connectivity index (χ2v) is 6.31. The number of benzene rings is 1. The number of hydrogen-bond acceptors (Lipinski definition) is 4. The van der Waals surface area contributed by atoms with Crippen LogP contribution in [-0.2, 0) is 10.2 Å². The molecule has 0 fully saturated rings. The van der Waals surface area contributed by atoms with E-state index in [1.807, 2.05) is 25.1 Å². The van der Waals surface area contributed by atoms with E-state index in [0.717, 1.165) is 11.4 Å². The van der Waals surface area contributed by atoms with Gasteiger partial charge in [0.15, 0.2) is 4.67 Å². The summed E-state index contributed by atoms with van der Waals surface area (Å²) in [6.45, 7) is 1.94. The molecule has 0 saturated heterocycles. The highest BCUT2D eigenvalue weighted by Crippen LogP contribution is 2.25. The molecule has 1 aromatic heterocycles. The number of nitrogens with one attached hydrogen (secondary N) is 2. The third-order valence-electron chi connectivity index (χ3n) is 2.53. The molecule has 0 amide bonds. The third kappa shape index (κ3) is 4.26. The lowest BCUT2D eigenvalue weighted by atomic mass is 10.2. The predicted molar refractivity (Wildman–Crippen MR) is 81.6 cm³/mol. The Bertz CT molecular complexity index is 699. The van der Waals surface area contributed by atoms with E-state index in [-0.39, 0.29) is 6.04 Å². The van der Waals surface area contributed by atoms with Crippen LogP contribution in [0.1, 0.15) is 18.7 Å². The van der Waals surface area contributed by atoms with Gasteiger partial charge in [-0.2, -0.15) is 8.42 Å². The van der Waals surface area contributed by atoms with Crippen molar-refractivity contribution in [3.05, 3.63) is 46.8 Å². The van der Waals surface area contributed by atoms with Crippen LogP contribution in [-0.4, -0.2) is 8.42 Å². The molecule has 0 saturated carbocycles. The normalized spacial score (nSPS) is 12.9. The van der Waals surface area contributed by atoms with E-state index in [1.54, 1.807) is 18.2 Å². The Morgan fingerprint density at radius 1 is 1.25 bits per heavy atom. The maximum atomic E-state index is 11.0. The quantitative estimate of drug-likeness (QED) is 0.764. The largest absolute Gasteiger partial charge is 0.452 e. The first kappa shape index (κ1) is 14.9. The number of rotatable bonds is 5. The SMILES string of the molecule is CC(Nc1cccc(NS(N)(=O)=O)c1)c1ccc(Br)o1. The molecule has 1 unspecified atom stereocenters. The van der Waals surface area contributed by atoms with Crippen molar-refractivity contribution in [1.29, 1.82) is 0 Å². The minimum absolute atomic E-state index is 0.0639. The highest BCUT2D eigenvalue weighted by atomic mass is 79.9. The Labute approximate surface area is 125 Å². The van der Waals surface area contributed by atoms with Crippen LogP contribution in [0.3, 0.4) is 0 Å². The molecular formula is C12H14BrN3O3S. The van der Waals surface area contributed by atoms with Gasteiger partial charge in [-0.1, -0.05) is 6.07 Å². The summed E-state index contributed by atoms with van der Waals surface area (Å²) in [5.74, 6) is 0.765. The van der Waals surface area contributed by atoms with Gasteiger partial charge < -0.3 is 9.73 Å². The summed E-state index contributed by atoms with van der Waals surface area (Å²) in [6.07, 6.45) is 0. The van der Waals surface area contributed by atoms with E-state index in [1.165, 1.54) is 0 Å². The molecule has 4 N–H and O–H groups in total. The lowest BCUT2D eigenvalue weighted by Crippen LogP contribution is -2.21. The van der Waals surface area contributed by atoms with E-state index in [4.69, 9.17) is 9.56 Å². The number of hydrogen-bond donors (Lipinski definition) is 3. The zero-order valence-corrected chi connectivity index (χ0v) is 13.0. The number of furan rings is 1. The van der Waals surface area contributed by atoms with E-state index >= 15 is 0 Å². The van der Waals surface area contributed by atoms with Gasteiger partial charge in [0.25, 0.3) is 10.2 Å². The maximum absolute atomic E-state index is 11.0. The van der Waals surface area contributed by atoms with Crippen molar-refractivity contribution in [2.24, 2.45) is 5.14 Å². The summed E-state index contributed by atoms with van der Waals surface area (Å²) >= 11 is 3.25. The highest BCUT2D eigenvalue weighted by Gasteiger charge is 2.10. The van der Waals surface area contributed by atoms with Crippen LogP contribution in [0.15, 0.2) is 45.5 Å². The maximum Gasteiger partial charge on any atom is 0.296 e. The fraction of sp³-hybridized carbons (Fsp3) is 0.167. The summed E-state index contributed by atoms with van der Waals surface area (Å²) in [5, 5.41) is 8.14. The Morgan fingerprint density at radius 2 is 1.95 bits per heavy atom. The average molecular weight is 360 g/mol. The smallest absolute Gasteiger partial charge is 0.296 e. The lowest BCUT2D eigenvalue weighted by molar-refractivity contribution is 0.471. The van der Waals surface area contributed by atoms with Crippen molar-refractivity contribution in [1.82, 2.24) is 0 Å². The van der Waals surface area contributed by atoms with Gasteiger partial charge in [0.2, 0.25) is 0 Å². The van der Waals surface area contributed by atoms with Gasteiger partial charge in [0.1, 0.15) is 5.76 Å². The van der Waals surface area contributed by atoms with Crippen molar-refractivity contribution in [3.8, 4) is 0 Å². The zero-order valence-electron chi connectivity index (χ0n) is 10.6. The van der Waals surface area contributed by atoms with Crippen LogP contribution < -0.4 is 15.2 Å². The van der Waals surface area contributed by atoms with E-state index in [0.29, 0.717) is 10.4 Å². The van der Waals surface area contributed by atoms with Gasteiger partial charge >= 0.3 is 0 Å². The fourth-order valence-electron chi connectivity index (χ4n) is 1.72. The minimum atomic E-state index is -3.77. The van der Waals surface area contributed by atoms with Crippen molar-refractivity contribution in [2.45, 2.75) is 13.0 Å².